The van der Waals surface area contributed by atoms with Gasteiger partial charge in [0, 0.05) is 12.6 Å². The quantitative estimate of drug-likeness (QED) is 0.671. The average molecular weight is 240 g/mol. The van der Waals surface area contributed by atoms with Gasteiger partial charge >= 0.3 is 0 Å². The summed E-state index contributed by atoms with van der Waals surface area (Å²) >= 11 is 0. The topological polar surface area (TPSA) is 41.1 Å². The van der Waals surface area contributed by atoms with Gasteiger partial charge in [0.25, 0.3) is 0 Å². The van der Waals surface area contributed by atoms with E-state index in [4.69, 9.17) is 0 Å². The highest BCUT2D eigenvalue weighted by atomic mass is 16.1. The fraction of sp³-hybridized carbons (Fsp3) is 0.929. The first-order chi connectivity index (χ1) is 8.27. The first-order valence-electron chi connectivity index (χ1n) is 7.28. The molecule has 0 bridgehead atoms. The molecule has 1 aliphatic carbocycles. The van der Waals surface area contributed by atoms with Crippen molar-refractivity contribution in [1.29, 1.82) is 0 Å². The normalized spacial score (nSPS) is 24.6. The zero-order valence-corrected chi connectivity index (χ0v) is 11.4. The SMILES string of the molecule is CCCCNC(=O)CNC1CCCCC1CC. The van der Waals surface area contributed by atoms with Crippen LogP contribution in [0.2, 0.25) is 0 Å². The van der Waals surface area contributed by atoms with Gasteiger partial charge < -0.3 is 10.6 Å². The van der Waals surface area contributed by atoms with E-state index in [1.54, 1.807) is 0 Å². The molecule has 1 rings (SSSR count). The summed E-state index contributed by atoms with van der Waals surface area (Å²) in [7, 11) is 0. The van der Waals surface area contributed by atoms with Gasteiger partial charge in [-0.15, -0.1) is 0 Å². The van der Waals surface area contributed by atoms with E-state index in [-0.39, 0.29) is 5.91 Å². The largest absolute Gasteiger partial charge is 0.355 e. The van der Waals surface area contributed by atoms with Crippen LogP contribution < -0.4 is 10.6 Å². The maximum absolute atomic E-state index is 11.6. The summed E-state index contributed by atoms with van der Waals surface area (Å²) in [6.07, 6.45) is 8.67. The van der Waals surface area contributed by atoms with Gasteiger partial charge in [0.05, 0.1) is 6.54 Å². The summed E-state index contributed by atoms with van der Waals surface area (Å²) in [4.78, 5) is 11.6. The smallest absolute Gasteiger partial charge is 0.233 e. The summed E-state index contributed by atoms with van der Waals surface area (Å²) in [5, 5.41) is 6.39. The molecular formula is C14H28N2O. The second kappa shape index (κ2) is 8.51. The van der Waals surface area contributed by atoms with E-state index < -0.39 is 0 Å². The number of carbonyl (C=O) groups excluding carboxylic acids is 1. The van der Waals surface area contributed by atoms with Gasteiger partial charge in [0.2, 0.25) is 5.91 Å². The van der Waals surface area contributed by atoms with Crippen molar-refractivity contribution in [1.82, 2.24) is 10.6 Å². The Kier molecular flexibility index (Phi) is 7.25. The van der Waals surface area contributed by atoms with Crippen molar-refractivity contribution in [2.45, 2.75) is 64.8 Å². The van der Waals surface area contributed by atoms with Crippen molar-refractivity contribution in [2.75, 3.05) is 13.1 Å². The van der Waals surface area contributed by atoms with Crippen molar-refractivity contribution in [3.05, 3.63) is 0 Å². The van der Waals surface area contributed by atoms with Gasteiger partial charge in [-0.1, -0.05) is 39.5 Å². The molecule has 2 atom stereocenters. The third kappa shape index (κ3) is 5.53. The van der Waals surface area contributed by atoms with E-state index >= 15 is 0 Å². The van der Waals surface area contributed by atoms with Crippen LogP contribution in [0.15, 0.2) is 0 Å². The highest BCUT2D eigenvalue weighted by Gasteiger charge is 2.23. The minimum Gasteiger partial charge on any atom is -0.355 e. The van der Waals surface area contributed by atoms with Crippen molar-refractivity contribution in [3.63, 3.8) is 0 Å². The van der Waals surface area contributed by atoms with Crippen molar-refractivity contribution in [3.8, 4) is 0 Å². The predicted octanol–water partition coefficient (Wildman–Crippen LogP) is 2.46. The summed E-state index contributed by atoms with van der Waals surface area (Å²) in [5.41, 5.74) is 0. The maximum Gasteiger partial charge on any atom is 0.233 e. The summed E-state index contributed by atoms with van der Waals surface area (Å²) in [6, 6.07) is 0.561. The molecule has 0 aromatic heterocycles. The van der Waals surface area contributed by atoms with Gasteiger partial charge in [-0.3, -0.25) is 4.79 Å². The van der Waals surface area contributed by atoms with Crippen LogP contribution >= 0.6 is 0 Å². The molecule has 3 heteroatoms. The van der Waals surface area contributed by atoms with Crippen LogP contribution in [-0.4, -0.2) is 25.0 Å². The van der Waals surface area contributed by atoms with Crippen LogP contribution in [-0.2, 0) is 4.79 Å². The molecule has 0 saturated heterocycles. The zero-order valence-electron chi connectivity index (χ0n) is 11.4. The second-order valence-electron chi connectivity index (χ2n) is 5.14. The maximum atomic E-state index is 11.6. The molecule has 1 fully saturated rings. The number of amides is 1. The molecule has 1 aliphatic rings. The van der Waals surface area contributed by atoms with Crippen LogP contribution in [0.3, 0.4) is 0 Å². The van der Waals surface area contributed by atoms with Crippen LogP contribution in [0.5, 0.6) is 0 Å². The Labute approximate surface area is 106 Å². The Bertz CT molecular complexity index is 218. The Morgan fingerprint density at radius 3 is 2.71 bits per heavy atom. The highest BCUT2D eigenvalue weighted by molar-refractivity contribution is 5.77. The lowest BCUT2D eigenvalue weighted by Crippen LogP contribution is -2.44. The van der Waals surface area contributed by atoms with Crippen LogP contribution in [0.1, 0.15) is 58.8 Å². The summed E-state index contributed by atoms with van der Waals surface area (Å²) in [6.45, 7) is 5.70. The zero-order chi connectivity index (χ0) is 12.5. The van der Waals surface area contributed by atoms with E-state index in [2.05, 4.69) is 24.5 Å². The molecule has 0 aromatic rings. The minimum atomic E-state index is 0.152. The number of nitrogens with one attached hydrogen (secondary N) is 2. The fourth-order valence-electron chi connectivity index (χ4n) is 2.66. The molecule has 100 valence electrons. The van der Waals surface area contributed by atoms with Crippen molar-refractivity contribution in [2.24, 2.45) is 5.92 Å². The van der Waals surface area contributed by atoms with E-state index in [1.807, 2.05) is 0 Å². The molecule has 0 aromatic carbocycles. The van der Waals surface area contributed by atoms with Gasteiger partial charge in [-0.05, 0) is 25.2 Å². The molecule has 1 saturated carbocycles. The van der Waals surface area contributed by atoms with Crippen molar-refractivity contribution < 1.29 is 4.79 Å². The number of hydrogen-bond acceptors (Lipinski definition) is 2. The number of hydrogen-bond donors (Lipinski definition) is 2. The Hall–Kier alpha value is -0.570. The van der Waals surface area contributed by atoms with Gasteiger partial charge in [0.1, 0.15) is 0 Å². The molecule has 17 heavy (non-hydrogen) atoms. The monoisotopic (exact) mass is 240 g/mol. The molecule has 2 N–H and O–H groups in total. The average Bonchev–Trinajstić information content (AvgIpc) is 2.37. The van der Waals surface area contributed by atoms with E-state index in [9.17, 15) is 4.79 Å². The lowest BCUT2D eigenvalue weighted by atomic mass is 9.83. The van der Waals surface area contributed by atoms with Gasteiger partial charge in [-0.25, -0.2) is 0 Å². The van der Waals surface area contributed by atoms with Gasteiger partial charge in [0.15, 0.2) is 0 Å². The molecule has 0 spiro atoms. The number of rotatable bonds is 7. The fourth-order valence-corrected chi connectivity index (χ4v) is 2.66. The van der Waals surface area contributed by atoms with Crippen LogP contribution in [0.4, 0.5) is 0 Å². The molecule has 0 radical (unpaired) electrons. The second-order valence-corrected chi connectivity index (χ2v) is 5.14. The van der Waals surface area contributed by atoms with Crippen LogP contribution in [0, 0.1) is 5.92 Å². The van der Waals surface area contributed by atoms with Gasteiger partial charge in [-0.2, -0.15) is 0 Å². The third-order valence-electron chi connectivity index (χ3n) is 3.81. The third-order valence-corrected chi connectivity index (χ3v) is 3.81. The Morgan fingerprint density at radius 2 is 2.00 bits per heavy atom. The summed E-state index contributed by atoms with van der Waals surface area (Å²) in [5.74, 6) is 0.922. The lowest BCUT2D eigenvalue weighted by Gasteiger charge is -2.31. The molecule has 3 nitrogen and oxygen atoms in total. The highest BCUT2D eigenvalue weighted by Crippen LogP contribution is 2.26. The first kappa shape index (κ1) is 14.5. The van der Waals surface area contributed by atoms with Crippen LogP contribution in [0.25, 0.3) is 0 Å². The Morgan fingerprint density at radius 1 is 1.24 bits per heavy atom. The van der Waals surface area contributed by atoms with Crippen molar-refractivity contribution >= 4 is 5.91 Å². The molecule has 0 heterocycles. The lowest BCUT2D eigenvalue weighted by molar-refractivity contribution is -0.120. The number of unbranched alkanes of at least 4 members (excludes halogenated alkanes) is 1. The number of carbonyl (C=O) groups is 1. The molecular weight excluding hydrogens is 212 g/mol. The molecule has 0 aliphatic heterocycles. The molecule has 1 amide bonds. The van der Waals surface area contributed by atoms with E-state index in [0.29, 0.717) is 12.6 Å². The Balaban J connectivity index is 2.17. The summed E-state index contributed by atoms with van der Waals surface area (Å²) < 4.78 is 0. The standard InChI is InChI=1S/C14H28N2O/c1-3-5-10-15-14(17)11-16-13-9-7-6-8-12(13)4-2/h12-13,16H,3-11H2,1-2H3,(H,15,17). The molecule has 2 unspecified atom stereocenters. The minimum absolute atomic E-state index is 0.152. The van der Waals surface area contributed by atoms with E-state index in [0.717, 1.165) is 25.3 Å². The van der Waals surface area contributed by atoms with E-state index in [1.165, 1.54) is 32.1 Å². The first-order valence-corrected chi connectivity index (χ1v) is 7.28. The predicted molar refractivity (Wildman–Crippen MR) is 72.0 cm³/mol.